The molecule has 1 aliphatic carbocycles. The zero-order valence-electron chi connectivity index (χ0n) is 11.1. The van der Waals surface area contributed by atoms with Crippen LogP contribution >= 0.6 is 11.6 Å². The molecule has 0 saturated heterocycles. The van der Waals surface area contributed by atoms with E-state index in [0.717, 1.165) is 24.2 Å². The van der Waals surface area contributed by atoms with Crippen LogP contribution in [0.5, 0.6) is 0 Å². The zero-order chi connectivity index (χ0) is 12.0. The number of hydrogen-bond acceptors (Lipinski definition) is 0. The lowest BCUT2D eigenvalue weighted by Crippen LogP contribution is -2.23. The van der Waals surface area contributed by atoms with Crippen LogP contribution in [0.2, 0.25) is 0 Å². The molecule has 16 heavy (non-hydrogen) atoms. The molecule has 1 heteroatoms. The molecule has 3 unspecified atom stereocenters. The van der Waals surface area contributed by atoms with Gasteiger partial charge in [-0.15, -0.1) is 11.6 Å². The van der Waals surface area contributed by atoms with Gasteiger partial charge in [-0.2, -0.15) is 0 Å². The van der Waals surface area contributed by atoms with Gasteiger partial charge in [0.1, 0.15) is 0 Å². The van der Waals surface area contributed by atoms with E-state index in [4.69, 9.17) is 11.6 Å². The second-order valence-corrected chi connectivity index (χ2v) is 5.93. The Morgan fingerprint density at radius 1 is 1.31 bits per heavy atom. The maximum atomic E-state index is 6.28. The van der Waals surface area contributed by atoms with E-state index in [0.29, 0.717) is 5.38 Å². The number of allylic oxidation sites excluding steroid dienone is 2. The molecule has 1 rings (SSSR count). The lowest BCUT2D eigenvalue weighted by molar-refractivity contribution is 0.237. The van der Waals surface area contributed by atoms with Crippen molar-refractivity contribution in [2.45, 2.75) is 64.7 Å². The minimum absolute atomic E-state index is 0.372. The van der Waals surface area contributed by atoms with E-state index >= 15 is 0 Å². The summed E-state index contributed by atoms with van der Waals surface area (Å²) < 4.78 is 0. The van der Waals surface area contributed by atoms with Crippen molar-refractivity contribution in [3.8, 4) is 0 Å². The normalized spacial score (nSPS) is 26.4. The van der Waals surface area contributed by atoms with Gasteiger partial charge < -0.3 is 0 Å². The summed E-state index contributed by atoms with van der Waals surface area (Å²) >= 11 is 6.28. The summed E-state index contributed by atoms with van der Waals surface area (Å²) in [6.07, 6.45) is 12.5. The third-order valence-electron chi connectivity index (χ3n) is 4.11. The van der Waals surface area contributed by atoms with Crippen molar-refractivity contribution >= 4 is 11.6 Å². The molecule has 0 aliphatic heterocycles. The van der Waals surface area contributed by atoms with Gasteiger partial charge in [0.05, 0.1) is 0 Å². The standard InChI is InChI=1S/C15H27Cl/c1-4-14(16)11-12(3)15(5-2)13-9-7-6-8-10-13/h7,9,12-15H,4-6,8,10-11H2,1-3H3/t12-,13?,14?,15?/m1/s1. The number of hydrogen-bond donors (Lipinski definition) is 0. The van der Waals surface area contributed by atoms with Gasteiger partial charge in [0, 0.05) is 5.38 Å². The van der Waals surface area contributed by atoms with E-state index in [2.05, 4.69) is 32.9 Å². The van der Waals surface area contributed by atoms with Crippen molar-refractivity contribution in [2.75, 3.05) is 0 Å². The Balaban J connectivity index is 2.51. The maximum absolute atomic E-state index is 6.28. The first kappa shape index (κ1) is 14.1. The molecule has 0 bridgehead atoms. The van der Waals surface area contributed by atoms with Gasteiger partial charge in [-0.25, -0.2) is 0 Å². The van der Waals surface area contributed by atoms with Crippen molar-refractivity contribution in [1.29, 1.82) is 0 Å². The van der Waals surface area contributed by atoms with Gasteiger partial charge in [-0.1, -0.05) is 39.3 Å². The average Bonchev–Trinajstić information content (AvgIpc) is 2.31. The first-order chi connectivity index (χ1) is 7.69. The van der Waals surface area contributed by atoms with E-state index in [9.17, 15) is 0 Å². The molecule has 0 aromatic heterocycles. The van der Waals surface area contributed by atoms with Gasteiger partial charge in [-0.05, 0) is 49.9 Å². The first-order valence-corrected chi connectivity index (χ1v) is 7.43. The second kappa shape index (κ2) is 7.37. The Morgan fingerprint density at radius 2 is 2.06 bits per heavy atom. The fourth-order valence-electron chi connectivity index (χ4n) is 3.07. The molecule has 0 aromatic rings. The Kier molecular flexibility index (Phi) is 6.49. The van der Waals surface area contributed by atoms with Crippen molar-refractivity contribution in [1.82, 2.24) is 0 Å². The Labute approximate surface area is 106 Å². The molecule has 0 fully saturated rings. The zero-order valence-corrected chi connectivity index (χ0v) is 11.8. The molecule has 0 heterocycles. The van der Waals surface area contributed by atoms with Crippen molar-refractivity contribution < 1.29 is 0 Å². The Morgan fingerprint density at radius 3 is 2.56 bits per heavy atom. The van der Waals surface area contributed by atoms with E-state index in [1.165, 1.54) is 32.1 Å². The van der Waals surface area contributed by atoms with Gasteiger partial charge in [-0.3, -0.25) is 0 Å². The summed E-state index contributed by atoms with van der Waals surface area (Å²) in [7, 11) is 0. The fourth-order valence-corrected chi connectivity index (χ4v) is 3.35. The summed E-state index contributed by atoms with van der Waals surface area (Å²) in [6.45, 7) is 6.91. The molecular formula is C15H27Cl. The monoisotopic (exact) mass is 242 g/mol. The minimum Gasteiger partial charge on any atom is -0.123 e. The van der Waals surface area contributed by atoms with Crippen LogP contribution in [0.3, 0.4) is 0 Å². The van der Waals surface area contributed by atoms with Crippen LogP contribution in [0.4, 0.5) is 0 Å². The molecule has 0 spiro atoms. The highest BCUT2D eigenvalue weighted by atomic mass is 35.5. The lowest BCUT2D eigenvalue weighted by atomic mass is 9.75. The van der Waals surface area contributed by atoms with Gasteiger partial charge in [0.15, 0.2) is 0 Å². The van der Waals surface area contributed by atoms with E-state index in [1.54, 1.807) is 0 Å². The van der Waals surface area contributed by atoms with Gasteiger partial charge in [0.2, 0.25) is 0 Å². The molecule has 0 radical (unpaired) electrons. The van der Waals surface area contributed by atoms with E-state index < -0.39 is 0 Å². The molecule has 0 nitrogen and oxygen atoms in total. The van der Waals surface area contributed by atoms with E-state index in [-0.39, 0.29) is 0 Å². The number of halogens is 1. The number of alkyl halides is 1. The number of rotatable bonds is 6. The molecule has 0 aromatic carbocycles. The SMILES string of the molecule is CCC(Cl)C[C@@H](C)C(CC)C1C=CCCC1. The summed E-state index contributed by atoms with van der Waals surface area (Å²) in [5, 5.41) is 0.372. The van der Waals surface area contributed by atoms with E-state index in [1.807, 2.05) is 0 Å². The highest BCUT2D eigenvalue weighted by Gasteiger charge is 2.25. The van der Waals surface area contributed by atoms with Crippen LogP contribution < -0.4 is 0 Å². The Hall–Kier alpha value is 0.0300. The van der Waals surface area contributed by atoms with Crippen molar-refractivity contribution in [3.63, 3.8) is 0 Å². The Bertz CT molecular complexity index is 209. The maximum Gasteiger partial charge on any atom is 0.0336 e. The predicted molar refractivity (Wildman–Crippen MR) is 74.0 cm³/mol. The summed E-state index contributed by atoms with van der Waals surface area (Å²) in [5.41, 5.74) is 0. The average molecular weight is 243 g/mol. The summed E-state index contributed by atoms with van der Waals surface area (Å²) in [4.78, 5) is 0. The second-order valence-electron chi connectivity index (χ2n) is 5.31. The van der Waals surface area contributed by atoms with Crippen LogP contribution in [0.25, 0.3) is 0 Å². The smallest absolute Gasteiger partial charge is 0.0336 e. The molecular weight excluding hydrogens is 216 g/mol. The van der Waals surface area contributed by atoms with Crippen LogP contribution in [-0.4, -0.2) is 5.38 Å². The lowest BCUT2D eigenvalue weighted by Gasteiger charge is -2.32. The highest BCUT2D eigenvalue weighted by Crippen LogP contribution is 2.35. The van der Waals surface area contributed by atoms with Crippen LogP contribution in [0.1, 0.15) is 59.3 Å². The molecule has 0 saturated carbocycles. The minimum atomic E-state index is 0.372. The third kappa shape index (κ3) is 4.13. The fraction of sp³-hybridized carbons (Fsp3) is 0.867. The third-order valence-corrected chi connectivity index (χ3v) is 4.60. The quantitative estimate of drug-likeness (QED) is 0.431. The van der Waals surface area contributed by atoms with Crippen LogP contribution in [0.15, 0.2) is 12.2 Å². The topological polar surface area (TPSA) is 0 Å². The van der Waals surface area contributed by atoms with Crippen LogP contribution in [-0.2, 0) is 0 Å². The molecule has 1 aliphatic rings. The van der Waals surface area contributed by atoms with Crippen molar-refractivity contribution in [2.24, 2.45) is 17.8 Å². The van der Waals surface area contributed by atoms with Crippen molar-refractivity contribution in [3.05, 3.63) is 12.2 Å². The largest absolute Gasteiger partial charge is 0.123 e. The van der Waals surface area contributed by atoms with Crippen LogP contribution in [0, 0.1) is 17.8 Å². The summed E-state index contributed by atoms with van der Waals surface area (Å²) in [5.74, 6) is 2.42. The van der Waals surface area contributed by atoms with Gasteiger partial charge in [0.25, 0.3) is 0 Å². The molecule has 0 amide bonds. The first-order valence-electron chi connectivity index (χ1n) is 6.99. The molecule has 94 valence electrons. The highest BCUT2D eigenvalue weighted by molar-refractivity contribution is 6.20. The molecule has 4 atom stereocenters. The predicted octanol–water partition coefficient (Wildman–Crippen LogP) is 5.41. The van der Waals surface area contributed by atoms with Gasteiger partial charge >= 0.3 is 0 Å². The summed E-state index contributed by atoms with van der Waals surface area (Å²) in [6, 6.07) is 0. The molecule has 0 N–H and O–H groups in total.